The second kappa shape index (κ2) is 10.3. The summed E-state index contributed by atoms with van der Waals surface area (Å²) >= 11 is 0. The molecule has 182 valence electrons. The van der Waals surface area contributed by atoms with Crippen molar-refractivity contribution in [3.63, 3.8) is 0 Å². The number of benzene rings is 2. The third kappa shape index (κ3) is 5.70. The maximum Gasteiger partial charge on any atom is 0.494 e. The van der Waals surface area contributed by atoms with Crippen LogP contribution >= 0.6 is 0 Å². The molecule has 2 atom stereocenters. The fourth-order valence-electron chi connectivity index (χ4n) is 4.20. The quantitative estimate of drug-likeness (QED) is 0.368. The molecular weight excluding hydrogens is 432 g/mol. The molecule has 1 aliphatic rings. The number of hydrogen-bond acceptors (Lipinski definition) is 3. The van der Waals surface area contributed by atoms with E-state index in [2.05, 4.69) is 6.58 Å². The first-order chi connectivity index (χ1) is 15.9. The molecule has 1 N–H and O–H groups in total. The van der Waals surface area contributed by atoms with Crippen molar-refractivity contribution in [3.8, 4) is 0 Å². The monoisotopic (exact) mass is 467 g/mol. The molecule has 1 aliphatic heterocycles. The number of amides is 1. The summed E-state index contributed by atoms with van der Waals surface area (Å²) in [4.78, 5) is 13.5. The average molecular weight is 467 g/mol. The molecule has 3 rings (SSSR count). The summed E-state index contributed by atoms with van der Waals surface area (Å²) in [6.45, 7) is 14.1. The molecule has 0 saturated carbocycles. The largest absolute Gasteiger partial charge is 0.494 e. The molecule has 5 nitrogen and oxygen atoms in total. The first kappa shape index (κ1) is 26.0. The number of nitrogens with zero attached hydrogens (tertiary/aromatic N) is 1. The number of carboxylic acid groups (broad SMARTS) is 1. The zero-order chi connectivity index (χ0) is 25.1. The second-order valence-corrected chi connectivity index (χ2v) is 9.97. The van der Waals surface area contributed by atoms with Gasteiger partial charge in [0.25, 0.3) is 0 Å². The predicted octanol–water partition coefficient (Wildman–Crippen LogP) is 5.92. The number of rotatable bonds is 9. The van der Waals surface area contributed by atoms with Crippen LogP contribution in [0.1, 0.15) is 70.5 Å². The zero-order valence-electron chi connectivity index (χ0n) is 20.8. The van der Waals surface area contributed by atoms with Crippen LogP contribution in [0.5, 0.6) is 0 Å². The third-order valence-electron chi connectivity index (χ3n) is 7.17. The van der Waals surface area contributed by atoms with Crippen LogP contribution in [0.25, 0.3) is 0 Å². The van der Waals surface area contributed by atoms with E-state index in [1.54, 1.807) is 12.1 Å². The zero-order valence-corrected chi connectivity index (χ0v) is 20.8. The molecule has 0 aliphatic carbocycles. The minimum Gasteiger partial charge on any atom is -0.465 e. The maximum absolute atomic E-state index is 13.3. The summed E-state index contributed by atoms with van der Waals surface area (Å²) in [5.41, 5.74) is 1.93. The van der Waals surface area contributed by atoms with Gasteiger partial charge < -0.3 is 19.3 Å². The Morgan fingerprint density at radius 1 is 1.06 bits per heavy atom. The molecule has 1 fully saturated rings. The van der Waals surface area contributed by atoms with E-state index >= 15 is 0 Å². The number of carbonyl (C=O) groups is 1. The molecule has 34 heavy (non-hydrogen) atoms. The van der Waals surface area contributed by atoms with E-state index in [9.17, 15) is 14.3 Å². The lowest BCUT2D eigenvalue weighted by molar-refractivity contribution is 0.00578. The van der Waals surface area contributed by atoms with Crippen molar-refractivity contribution >= 4 is 18.7 Å². The smallest absolute Gasteiger partial charge is 0.465 e. The lowest BCUT2D eigenvalue weighted by Gasteiger charge is -2.32. The van der Waals surface area contributed by atoms with E-state index in [0.29, 0.717) is 19.4 Å². The van der Waals surface area contributed by atoms with Crippen LogP contribution in [0.3, 0.4) is 0 Å². The molecular formula is C27H35BFNO4. The lowest BCUT2D eigenvalue weighted by atomic mass is 9.78. The van der Waals surface area contributed by atoms with Crippen LogP contribution in [0.2, 0.25) is 0 Å². The van der Waals surface area contributed by atoms with Gasteiger partial charge >= 0.3 is 13.2 Å². The van der Waals surface area contributed by atoms with Gasteiger partial charge in [0.1, 0.15) is 5.82 Å². The molecule has 1 saturated heterocycles. The first-order valence-corrected chi connectivity index (χ1v) is 11.8. The fraction of sp³-hybridized carbons (Fsp3) is 0.444. The standard InChI is InChI=1S/C27H35BFNO4/c1-7-8-21(22-11-15-24(29)16-12-22)17-18-30(25(31)32)19(2)20-9-13-23(14-10-20)28-33-26(3,4)27(5,6)34-28/h7,9-16,19,21H,1,8,17-18H2,2-6H3,(H,31,32)/t19-,21-/m0/s1. The van der Waals surface area contributed by atoms with Crippen LogP contribution in [0, 0.1) is 5.82 Å². The summed E-state index contributed by atoms with van der Waals surface area (Å²) in [5, 5.41) is 9.91. The van der Waals surface area contributed by atoms with Gasteiger partial charge in [-0.2, -0.15) is 0 Å². The Bertz CT molecular complexity index is 975. The Hall–Kier alpha value is -2.64. The van der Waals surface area contributed by atoms with E-state index in [4.69, 9.17) is 9.31 Å². The highest BCUT2D eigenvalue weighted by molar-refractivity contribution is 6.62. The van der Waals surface area contributed by atoms with Crippen molar-refractivity contribution in [2.45, 2.75) is 70.6 Å². The van der Waals surface area contributed by atoms with Gasteiger partial charge in [0, 0.05) is 6.54 Å². The van der Waals surface area contributed by atoms with Gasteiger partial charge in [0.2, 0.25) is 0 Å². The molecule has 0 unspecified atom stereocenters. The fourth-order valence-corrected chi connectivity index (χ4v) is 4.20. The van der Waals surface area contributed by atoms with Crippen LogP contribution in [-0.2, 0) is 9.31 Å². The van der Waals surface area contributed by atoms with E-state index in [1.165, 1.54) is 17.0 Å². The van der Waals surface area contributed by atoms with Crippen LogP contribution in [0.4, 0.5) is 9.18 Å². The minimum absolute atomic E-state index is 0.0675. The average Bonchev–Trinajstić information content (AvgIpc) is 3.00. The lowest BCUT2D eigenvalue weighted by Crippen LogP contribution is -2.41. The Morgan fingerprint density at radius 2 is 1.59 bits per heavy atom. The predicted molar refractivity (Wildman–Crippen MR) is 134 cm³/mol. The molecule has 0 aromatic heterocycles. The summed E-state index contributed by atoms with van der Waals surface area (Å²) in [6.07, 6.45) is 2.15. The Kier molecular flexibility index (Phi) is 7.89. The van der Waals surface area contributed by atoms with E-state index in [1.807, 2.05) is 65.0 Å². The van der Waals surface area contributed by atoms with Crippen molar-refractivity contribution in [1.82, 2.24) is 4.90 Å². The molecule has 1 amide bonds. The van der Waals surface area contributed by atoms with Gasteiger partial charge in [-0.3, -0.25) is 0 Å². The van der Waals surface area contributed by atoms with Gasteiger partial charge in [-0.1, -0.05) is 42.5 Å². The first-order valence-electron chi connectivity index (χ1n) is 11.8. The second-order valence-electron chi connectivity index (χ2n) is 9.97. The van der Waals surface area contributed by atoms with E-state index in [0.717, 1.165) is 16.6 Å². The van der Waals surface area contributed by atoms with Gasteiger partial charge in [-0.25, -0.2) is 9.18 Å². The Balaban J connectivity index is 1.70. The van der Waals surface area contributed by atoms with E-state index in [-0.39, 0.29) is 17.8 Å². The molecule has 7 heteroatoms. The van der Waals surface area contributed by atoms with Crippen LogP contribution in [0.15, 0.2) is 61.2 Å². The normalized spacial score (nSPS) is 18.4. The number of halogens is 1. The van der Waals surface area contributed by atoms with E-state index < -0.39 is 24.4 Å². The van der Waals surface area contributed by atoms with Gasteiger partial charge in [-0.15, -0.1) is 6.58 Å². The summed E-state index contributed by atoms with van der Waals surface area (Å²) in [6, 6.07) is 13.8. The van der Waals surface area contributed by atoms with Gasteiger partial charge in [0.05, 0.1) is 17.2 Å². The number of allylic oxidation sites excluding steroid dienone is 1. The van der Waals surface area contributed by atoms with Crippen LogP contribution < -0.4 is 5.46 Å². The molecule has 2 aromatic rings. The SMILES string of the molecule is C=CC[C@@H](CCN(C(=O)O)[C@@H](C)c1ccc(B2OC(C)(C)C(C)(C)O2)cc1)c1ccc(F)cc1. The highest BCUT2D eigenvalue weighted by atomic mass is 19.1. The van der Waals surface area contributed by atoms with Gasteiger partial charge in [-0.05, 0) is 82.1 Å². The molecule has 1 heterocycles. The minimum atomic E-state index is -0.973. The number of hydrogen-bond donors (Lipinski definition) is 1. The highest BCUT2D eigenvalue weighted by Gasteiger charge is 2.51. The summed E-state index contributed by atoms with van der Waals surface area (Å²) in [5.74, 6) is -0.219. The molecule has 2 aromatic carbocycles. The summed E-state index contributed by atoms with van der Waals surface area (Å²) < 4.78 is 25.6. The van der Waals surface area contributed by atoms with Crippen molar-refractivity contribution in [1.29, 1.82) is 0 Å². The van der Waals surface area contributed by atoms with Crippen molar-refractivity contribution in [3.05, 3.63) is 78.1 Å². The topological polar surface area (TPSA) is 59.0 Å². The highest BCUT2D eigenvalue weighted by Crippen LogP contribution is 2.36. The Labute approximate surface area is 202 Å². The maximum atomic E-state index is 13.3. The Morgan fingerprint density at radius 3 is 2.09 bits per heavy atom. The van der Waals surface area contributed by atoms with Crippen molar-refractivity contribution in [2.75, 3.05) is 6.54 Å². The van der Waals surface area contributed by atoms with Crippen molar-refractivity contribution < 1.29 is 23.6 Å². The van der Waals surface area contributed by atoms with Crippen molar-refractivity contribution in [2.24, 2.45) is 0 Å². The van der Waals surface area contributed by atoms with Gasteiger partial charge in [0.15, 0.2) is 0 Å². The molecule has 0 spiro atoms. The molecule has 0 radical (unpaired) electrons. The third-order valence-corrected chi connectivity index (χ3v) is 7.17. The van der Waals surface area contributed by atoms with Crippen LogP contribution in [-0.4, -0.2) is 41.0 Å². The molecule has 0 bridgehead atoms. The summed E-state index contributed by atoms with van der Waals surface area (Å²) in [7, 11) is -0.458.